The van der Waals surface area contributed by atoms with Gasteiger partial charge in [-0.2, -0.15) is 5.26 Å². The van der Waals surface area contributed by atoms with Crippen LogP contribution in [0, 0.1) is 11.3 Å². The lowest BCUT2D eigenvalue weighted by atomic mass is 10.2. The maximum absolute atomic E-state index is 11.6. The molecule has 1 aliphatic heterocycles. The van der Waals surface area contributed by atoms with E-state index in [0.717, 1.165) is 0 Å². The Hall–Kier alpha value is -1.28. The maximum Gasteiger partial charge on any atom is 0.411 e. The van der Waals surface area contributed by atoms with Crippen LogP contribution >= 0.6 is 0 Å². The van der Waals surface area contributed by atoms with Crippen molar-refractivity contribution in [3.8, 4) is 6.07 Å². The lowest BCUT2D eigenvalue weighted by molar-refractivity contribution is 0.0238. The molecule has 0 saturated carbocycles. The summed E-state index contributed by atoms with van der Waals surface area (Å²) in [5.74, 6) is 0. The molecule has 0 unspecified atom stereocenters. The van der Waals surface area contributed by atoms with Crippen LogP contribution in [0.5, 0.6) is 0 Å². The van der Waals surface area contributed by atoms with E-state index in [2.05, 4.69) is 0 Å². The lowest BCUT2D eigenvalue weighted by Gasteiger charge is -2.25. The van der Waals surface area contributed by atoms with Gasteiger partial charge in [-0.15, -0.1) is 0 Å². The number of amides is 1. The van der Waals surface area contributed by atoms with E-state index < -0.39 is 23.8 Å². The van der Waals surface area contributed by atoms with E-state index in [-0.39, 0.29) is 6.54 Å². The fraction of sp³-hybridized carbons (Fsp3) is 0.800. The Morgan fingerprint density at radius 2 is 2.20 bits per heavy atom. The summed E-state index contributed by atoms with van der Waals surface area (Å²) in [6, 6.07) is 1.40. The Bertz CT molecular complexity index is 290. The van der Waals surface area contributed by atoms with Gasteiger partial charge >= 0.3 is 6.09 Å². The van der Waals surface area contributed by atoms with Crippen molar-refractivity contribution in [3.05, 3.63) is 0 Å². The Morgan fingerprint density at radius 1 is 1.60 bits per heavy atom. The van der Waals surface area contributed by atoms with Crippen molar-refractivity contribution in [3.63, 3.8) is 0 Å². The molecular formula is C10H16N2O3. The van der Waals surface area contributed by atoms with E-state index in [0.29, 0.717) is 6.42 Å². The van der Waals surface area contributed by atoms with Crippen LogP contribution in [0.3, 0.4) is 0 Å². The van der Waals surface area contributed by atoms with Gasteiger partial charge in [-0.3, -0.25) is 4.90 Å². The van der Waals surface area contributed by atoms with Crippen LogP contribution in [0.1, 0.15) is 27.2 Å². The number of rotatable bonds is 0. The van der Waals surface area contributed by atoms with Crippen LogP contribution in [0.15, 0.2) is 0 Å². The van der Waals surface area contributed by atoms with Gasteiger partial charge in [0.05, 0.1) is 18.7 Å². The SMILES string of the molecule is CC(C)(C)OC(=O)N1C[C@H](O)C[C@@H]1C#N. The summed E-state index contributed by atoms with van der Waals surface area (Å²) in [4.78, 5) is 12.9. The van der Waals surface area contributed by atoms with Crippen LogP contribution in [-0.4, -0.2) is 40.4 Å². The molecule has 1 N–H and O–H groups in total. The van der Waals surface area contributed by atoms with Gasteiger partial charge in [0.25, 0.3) is 0 Å². The highest BCUT2D eigenvalue weighted by Gasteiger charge is 2.36. The minimum atomic E-state index is -0.623. The first kappa shape index (κ1) is 11.8. The molecule has 0 spiro atoms. The van der Waals surface area contributed by atoms with E-state index in [9.17, 15) is 9.90 Å². The zero-order chi connectivity index (χ0) is 11.6. The highest BCUT2D eigenvalue weighted by Crippen LogP contribution is 2.20. The molecule has 0 aromatic heterocycles. The Balaban J connectivity index is 2.64. The molecule has 1 saturated heterocycles. The van der Waals surface area contributed by atoms with Gasteiger partial charge in [-0.1, -0.05) is 0 Å². The molecule has 5 heteroatoms. The van der Waals surface area contributed by atoms with Gasteiger partial charge in [-0.25, -0.2) is 4.79 Å². The van der Waals surface area contributed by atoms with E-state index in [1.807, 2.05) is 6.07 Å². The zero-order valence-corrected chi connectivity index (χ0v) is 9.23. The molecule has 0 aromatic carbocycles. The molecule has 2 atom stereocenters. The number of nitrogens with zero attached hydrogens (tertiary/aromatic N) is 2. The minimum Gasteiger partial charge on any atom is -0.444 e. The first-order valence-electron chi connectivity index (χ1n) is 4.91. The maximum atomic E-state index is 11.6. The first-order chi connectivity index (χ1) is 6.83. The third kappa shape index (κ3) is 3.10. The standard InChI is InChI=1S/C10H16N2O3/c1-10(2,3)15-9(14)12-6-8(13)4-7(12)5-11/h7-8,13H,4,6H2,1-3H3/t7-,8-/m1/s1. The molecule has 0 aliphatic carbocycles. The van der Waals surface area contributed by atoms with Crippen LogP contribution in [0.2, 0.25) is 0 Å². The third-order valence-electron chi connectivity index (χ3n) is 2.06. The Morgan fingerprint density at radius 3 is 2.67 bits per heavy atom. The Kier molecular flexibility index (Phi) is 3.20. The molecular weight excluding hydrogens is 196 g/mol. The van der Waals surface area contributed by atoms with Crippen molar-refractivity contribution in [1.82, 2.24) is 4.90 Å². The average molecular weight is 212 g/mol. The molecule has 15 heavy (non-hydrogen) atoms. The molecule has 0 bridgehead atoms. The molecule has 0 aromatic rings. The van der Waals surface area contributed by atoms with Crippen LogP contribution < -0.4 is 0 Å². The predicted octanol–water partition coefficient (Wildman–Crippen LogP) is 0.880. The fourth-order valence-corrected chi connectivity index (χ4v) is 1.46. The molecule has 1 fully saturated rings. The monoisotopic (exact) mass is 212 g/mol. The summed E-state index contributed by atoms with van der Waals surface area (Å²) in [5, 5.41) is 18.1. The minimum absolute atomic E-state index is 0.174. The van der Waals surface area contributed by atoms with Gasteiger partial charge in [0.2, 0.25) is 0 Å². The van der Waals surface area contributed by atoms with Gasteiger partial charge < -0.3 is 9.84 Å². The number of likely N-dealkylation sites (tertiary alicyclic amines) is 1. The molecule has 0 radical (unpaired) electrons. The number of aliphatic hydroxyl groups is 1. The fourth-order valence-electron chi connectivity index (χ4n) is 1.46. The molecule has 1 amide bonds. The predicted molar refractivity (Wildman–Crippen MR) is 53.0 cm³/mol. The van der Waals surface area contributed by atoms with E-state index in [1.165, 1.54) is 4.90 Å². The first-order valence-corrected chi connectivity index (χ1v) is 4.91. The highest BCUT2D eigenvalue weighted by molar-refractivity contribution is 5.69. The summed E-state index contributed by atoms with van der Waals surface area (Å²) in [7, 11) is 0. The van der Waals surface area contributed by atoms with Crippen LogP contribution in [0.25, 0.3) is 0 Å². The molecule has 84 valence electrons. The number of carbonyl (C=O) groups excluding carboxylic acids is 1. The number of hydrogen-bond donors (Lipinski definition) is 1. The number of carbonyl (C=O) groups is 1. The molecule has 5 nitrogen and oxygen atoms in total. The van der Waals surface area contributed by atoms with Crippen molar-refractivity contribution in [1.29, 1.82) is 5.26 Å². The topological polar surface area (TPSA) is 73.6 Å². The van der Waals surface area contributed by atoms with Crippen LogP contribution in [0.4, 0.5) is 4.79 Å². The van der Waals surface area contributed by atoms with E-state index in [4.69, 9.17) is 10.00 Å². The summed E-state index contributed by atoms with van der Waals surface area (Å²) >= 11 is 0. The molecule has 1 rings (SSSR count). The van der Waals surface area contributed by atoms with Gasteiger partial charge in [0, 0.05) is 6.42 Å². The van der Waals surface area contributed by atoms with Crippen molar-refractivity contribution >= 4 is 6.09 Å². The second-order valence-corrected chi connectivity index (χ2v) is 4.67. The highest BCUT2D eigenvalue weighted by atomic mass is 16.6. The summed E-state index contributed by atoms with van der Waals surface area (Å²) < 4.78 is 5.13. The van der Waals surface area contributed by atoms with Crippen molar-refractivity contribution in [2.24, 2.45) is 0 Å². The van der Waals surface area contributed by atoms with Crippen molar-refractivity contribution in [2.75, 3.05) is 6.54 Å². The molecule has 1 aliphatic rings. The van der Waals surface area contributed by atoms with Crippen LogP contribution in [-0.2, 0) is 4.74 Å². The van der Waals surface area contributed by atoms with Gasteiger partial charge in [0.15, 0.2) is 0 Å². The number of nitriles is 1. The smallest absolute Gasteiger partial charge is 0.411 e. The average Bonchev–Trinajstić information content (AvgIpc) is 2.43. The second kappa shape index (κ2) is 4.07. The summed E-state index contributed by atoms with van der Waals surface area (Å²) in [6.45, 7) is 5.46. The van der Waals surface area contributed by atoms with E-state index >= 15 is 0 Å². The summed E-state index contributed by atoms with van der Waals surface area (Å²) in [5.41, 5.74) is -0.579. The largest absolute Gasteiger partial charge is 0.444 e. The zero-order valence-electron chi connectivity index (χ0n) is 9.23. The Labute approximate surface area is 89.2 Å². The molecule has 1 heterocycles. The second-order valence-electron chi connectivity index (χ2n) is 4.67. The quantitative estimate of drug-likeness (QED) is 0.647. The number of β-amino-alcohol motifs (C(OH)–C–C–N with tert-alkyl or cyclic N) is 1. The third-order valence-corrected chi connectivity index (χ3v) is 2.06. The lowest BCUT2D eigenvalue weighted by Crippen LogP contribution is -2.39. The number of hydrogen-bond acceptors (Lipinski definition) is 4. The summed E-state index contributed by atoms with van der Waals surface area (Å²) in [6.07, 6.45) is -0.858. The van der Waals surface area contributed by atoms with Crippen molar-refractivity contribution < 1.29 is 14.6 Å². The van der Waals surface area contributed by atoms with Crippen molar-refractivity contribution in [2.45, 2.75) is 44.9 Å². The van der Waals surface area contributed by atoms with E-state index in [1.54, 1.807) is 20.8 Å². The number of ether oxygens (including phenoxy) is 1. The number of aliphatic hydroxyl groups excluding tert-OH is 1. The van der Waals surface area contributed by atoms with Gasteiger partial charge in [-0.05, 0) is 20.8 Å². The van der Waals surface area contributed by atoms with Gasteiger partial charge in [0.1, 0.15) is 11.6 Å². The normalized spacial score (nSPS) is 26.2.